The molecule has 0 spiro atoms. The van der Waals surface area contributed by atoms with E-state index in [9.17, 15) is 4.79 Å². The fourth-order valence-electron chi connectivity index (χ4n) is 2.40. The molecule has 5 nitrogen and oxygen atoms in total. The van der Waals surface area contributed by atoms with Crippen molar-refractivity contribution in [2.45, 2.75) is 25.9 Å². The van der Waals surface area contributed by atoms with Crippen molar-refractivity contribution in [3.8, 4) is 5.75 Å². The predicted octanol–water partition coefficient (Wildman–Crippen LogP) is 2.98. The molecule has 3 rings (SSSR count). The van der Waals surface area contributed by atoms with Gasteiger partial charge in [-0.3, -0.25) is 0 Å². The molecule has 0 fully saturated rings. The SMILES string of the molecule is CCc1cnc(CN(C)C(=O)N[C@H]2COc3ccccc32)s1. The number of para-hydroxylation sites is 1. The van der Waals surface area contributed by atoms with Gasteiger partial charge in [0.25, 0.3) is 0 Å². The number of amides is 2. The topological polar surface area (TPSA) is 54.5 Å². The van der Waals surface area contributed by atoms with Gasteiger partial charge in [-0.1, -0.05) is 25.1 Å². The number of thiazole rings is 1. The maximum atomic E-state index is 12.3. The minimum atomic E-state index is -0.112. The molecule has 2 aromatic rings. The zero-order chi connectivity index (χ0) is 15.5. The van der Waals surface area contributed by atoms with Crippen LogP contribution in [0.2, 0.25) is 0 Å². The first-order chi connectivity index (χ1) is 10.7. The van der Waals surface area contributed by atoms with Crippen LogP contribution in [0.1, 0.15) is 28.4 Å². The summed E-state index contributed by atoms with van der Waals surface area (Å²) in [6, 6.07) is 7.60. The number of aryl methyl sites for hydroxylation is 1. The summed E-state index contributed by atoms with van der Waals surface area (Å²) in [5.74, 6) is 0.850. The molecule has 1 atom stereocenters. The van der Waals surface area contributed by atoms with E-state index in [1.165, 1.54) is 4.88 Å². The molecule has 2 amide bonds. The lowest BCUT2D eigenvalue weighted by Gasteiger charge is -2.19. The third-order valence-electron chi connectivity index (χ3n) is 3.67. The molecule has 1 aromatic carbocycles. The number of rotatable bonds is 4. The van der Waals surface area contributed by atoms with Crippen molar-refractivity contribution in [1.82, 2.24) is 15.2 Å². The highest BCUT2D eigenvalue weighted by molar-refractivity contribution is 7.11. The van der Waals surface area contributed by atoms with E-state index in [1.54, 1.807) is 23.3 Å². The van der Waals surface area contributed by atoms with Crippen LogP contribution in [0.3, 0.4) is 0 Å². The van der Waals surface area contributed by atoms with E-state index in [-0.39, 0.29) is 12.1 Å². The number of nitrogens with zero attached hydrogens (tertiary/aromatic N) is 2. The van der Waals surface area contributed by atoms with Gasteiger partial charge in [-0.25, -0.2) is 9.78 Å². The Balaban J connectivity index is 1.60. The highest BCUT2D eigenvalue weighted by atomic mass is 32.1. The average molecular weight is 317 g/mol. The first kappa shape index (κ1) is 14.8. The van der Waals surface area contributed by atoms with Crippen LogP contribution in [0.15, 0.2) is 30.5 Å². The number of carbonyl (C=O) groups excluding carboxylic acids is 1. The average Bonchev–Trinajstić information content (AvgIpc) is 3.14. The number of nitrogens with one attached hydrogen (secondary N) is 1. The van der Waals surface area contributed by atoms with Crippen molar-refractivity contribution < 1.29 is 9.53 Å². The highest BCUT2D eigenvalue weighted by Crippen LogP contribution is 2.31. The molecule has 6 heteroatoms. The summed E-state index contributed by atoms with van der Waals surface area (Å²) < 4.78 is 5.58. The van der Waals surface area contributed by atoms with E-state index in [1.807, 2.05) is 30.5 Å². The number of urea groups is 1. The highest BCUT2D eigenvalue weighted by Gasteiger charge is 2.26. The third-order valence-corrected chi connectivity index (χ3v) is 4.79. The van der Waals surface area contributed by atoms with Crippen LogP contribution in [-0.2, 0) is 13.0 Å². The second kappa shape index (κ2) is 6.36. The zero-order valence-electron chi connectivity index (χ0n) is 12.7. The van der Waals surface area contributed by atoms with E-state index in [2.05, 4.69) is 17.2 Å². The van der Waals surface area contributed by atoms with E-state index in [0.29, 0.717) is 13.2 Å². The van der Waals surface area contributed by atoms with Gasteiger partial charge in [-0.15, -0.1) is 11.3 Å². The van der Waals surface area contributed by atoms with E-state index < -0.39 is 0 Å². The van der Waals surface area contributed by atoms with Gasteiger partial charge in [0.2, 0.25) is 0 Å². The van der Waals surface area contributed by atoms with Crippen LogP contribution in [0.25, 0.3) is 0 Å². The Morgan fingerprint density at radius 3 is 3.09 bits per heavy atom. The Labute approximate surface area is 133 Å². The van der Waals surface area contributed by atoms with Crippen molar-refractivity contribution in [2.24, 2.45) is 0 Å². The molecule has 0 saturated heterocycles. The molecule has 1 N–H and O–H groups in total. The summed E-state index contributed by atoms with van der Waals surface area (Å²) in [6.45, 7) is 3.10. The standard InChI is InChI=1S/C16H19N3O2S/c1-3-11-8-17-15(22-11)9-19(2)16(20)18-13-10-21-14-7-5-4-6-12(13)14/h4-8,13H,3,9-10H2,1-2H3,(H,18,20)/t13-/m0/s1. The van der Waals surface area contributed by atoms with Crippen molar-refractivity contribution in [1.29, 1.82) is 0 Å². The Morgan fingerprint density at radius 1 is 1.50 bits per heavy atom. The number of aromatic nitrogens is 1. The number of carbonyl (C=O) groups is 1. The van der Waals surface area contributed by atoms with Gasteiger partial charge in [0.15, 0.2) is 0 Å². The molecule has 1 aromatic heterocycles. The Kier molecular flexibility index (Phi) is 4.29. The quantitative estimate of drug-likeness (QED) is 0.943. The zero-order valence-corrected chi connectivity index (χ0v) is 13.5. The summed E-state index contributed by atoms with van der Waals surface area (Å²) in [7, 11) is 1.78. The maximum Gasteiger partial charge on any atom is 0.318 e. The first-order valence-corrected chi connectivity index (χ1v) is 8.16. The minimum absolute atomic E-state index is 0.0892. The van der Waals surface area contributed by atoms with E-state index in [0.717, 1.165) is 22.7 Å². The van der Waals surface area contributed by atoms with Crippen LogP contribution in [-0.4, -0.2) is 29.6 Å². The summed E-state index contributed by atoms with van der Waals surface area (Å²) in [4.78, 5) is 19.6. The maximum absolute atomic E-state index is 12.3. The monoisotopic (exact) mass is 317 g/mol. The van der Waals surface area contributed by atoms with Gasteiger partial charge < -0.3 is 15.0 Å². The molecule has 0 aliphatic carbocycles. The summed E-state index contributed by atoms with van der Waals surface area (Å²) in [5.41, 5.74) is 1.03. The second-order valence-electron chi connectivity index (χ2n) is 5.28. The first-order valence-electron chi connectivity index (χ1n) is 7.34. The van der Waals surface area contributed by atoms with Gasteiger partial charge in [-0.05, 0) is 12.5 Å². The van der Waals surface area contributed by atoms with E-state index in [4.69, 9.17) is 4.74 Å². The van der Waals surface area contributed by atoms with Crippen LogP contribution in [0.5, 0.6) is 5.75 Å². The van der Waals surface area contributed by atoms with Gasteiger partial charge in [0, 0.05) is 23.7 Å². The number of hydrogen-bond donors (Lipinski definition) is 1. The number of benzene rings is 1. The summed E-state index contributed by atoms with van der Waals surface area (Å²) in [5, 5.41) is 3.97. The van der Waals surface area contributed by atoms with Crippen LogP contribution in [0.4, 0.5) is 4.79 Å². The second-order valence-corrected chi connectivity index (χ2v) is 6.48. The minimum Gasteiger partial charge on any atom is -0.491 e. The lowest BCUT2D eigenvalue weighted by molar-refractivity contribution is 0.199. The number of ether oxygens (including phenoxy) is 1. The molecular weight excluding hydrogens is 298 g/mol. The summed E-state index contributed by atoms with van der Waals surface area (Å²) >= 11 is 1.65. The van der Waals surface area contributed by atoms with Crippen LogP contribution >= 0.6 is 11.3 Å². The molecule has 2 heterocycles. The number of hydrogen-bond acceptors (Lipinski definition) is 4. The van der Waals surface area contributed by atoms with Crippen LogP contribution < -0.4 is 10.1 Å². The lowest BCUT2D eigenvalue weighted by atomic mass is 10.1. The van der Waals surface area contributed by atoms with Crippen molar-refractivity contribution >= 4 is 17.4 Å². The Bertz CT molecular complexity index is 671. The lowest BCUT2D eigenvalue weighted by Crippen LogP contribution is -2.39. The predicted molar refractivity (Wildman–Crippen MR) is 86.2 cm³/mol. The fraction of sp³-hybridized carbons (Fsp3) is 0.375. The van der Waals surface area contributed by atoms with Crippen molar-refractivity contribution in [2.75, 3.05) is 13.7 Å². The van der Waals surface area contributed by atoms with Crippen LogP contribution in [0, 0.1) is 0 Å². The molecule has 0 bridgehead atoms. The molecule has 0 radical (unpaired) electrons. The fourth-order valence-corrected chi connectivity index (χ4v) is 3.32. The van der Waals surface area contributed by atoms with E-state index >= 15 is 0 Å². The third kappa shape index (κ3) is 3.06. The number of fused-ring (bicyclic) bond motifs is 1. The van der Waals surface area contributed by atoms with Gasteiger partial charge in [-0.2, -0.15) is 0 Å². The normalized spacial score (nSPS) is 16.0. The van der Waals surface area contributed by atoms with Crippen molar-refractivity contribution in [3.05, 3.63) is 45.9 Å². The largest absolute Gasteiger partial charge is 0.491 e. The van der Waals surface area contributed by atoms with Gasteiger partial charge in [0.05, 0.1) is 12.6 Å². The molecule has 0 unspecified atom stereocenters. The molecule has 116 valence electrons. The summed E-state index contributed by atoms with van der Waals surface area (Å²) in [6.07, 6.45) is 2.86. The smallest absolute Gasteiger partial charge is 0.318 e. The molecule has 1 aliphatic rings. The molecule has 22 heavy (non-hydrogen) atoms. The van der Waals surface area contributed by atoms with Gasteiger partial charge in [0.1, 0.15) is 17.4 Å². The molecule has 0 saturated carbocycles. The Hall–Kier alpha value is -2.08. The van der Waals surface area contributed by atoms with Crippen molar-refractivity contribution in [3.63, 3.8) is 0 Å². The molecule has 1 aliphatic heterocycles. The molecular formula is C16H19N3O2S. The Morgan fingerprint density at radius 2 is 2.32 bits per heavy atom. The van der Waals surface area contributed by atoms with Gasteiger partial charge >= 0.3 is 6.03 Å².